The van der Waals surface area contributed by atoms with Crippen molar-refractivity contribution in [2.45, 2.75) is 0 Å². The Morgan fingerprint density at radius 2 is 0.960 bits per heavy atom. The van der Waals surface area contributed by atoms with E-state index in [2.05, 4.69) is 106 Å². The molecular formula is C45H25N5. The maximum absolute atomic E-state index is 10.4. The third-order valence-corrected chi connectivity index (χ3v) is 9.65. The molecule has 230 valence electrons. The number of fused-ring (bicyclic) bond motifs is 6. The van der Waals surface area contributed by atoms with E-state index in [9.17, 15) is 15.8 Å². The monoisotopic (exact) mass is 635 g/mol. The van der Waals surface area contributed by atoms with Crippen molar-refractivity contribution in [3.05, 3.63) is 168 Å². The molecule has 0 aliphatic rings. The minimum absolute atomic E-state index is 0.524. The zero-order valence-electron chi connectivity index (χ0n) is 26.7. The zero-order chi connectivity index (χ0) is 33.8. The number of nitrogens with zero attached hydrogens (tertiary/aromatic N) is 5. The third-order valence-electron chi connectivity index (χ3n) is 9.65. The number of hydrogen-bond donors (Lipinski definition) is 0. The Morgan fingerprint density at radius 1 is 0.380 bits per heavy atom. The minimum Gasteiger partial charge on any atom is -0.309 e. The van der Waals surface area contributed by atoms with Gasteiger partial charge in [-0.25, -0.2) is 0 Å². The van der Waals surface area contributed by atoms with Gasteiger partial charge in [0.2, 0.25) is 0 Å². The van der Waals surface area contributed by atoms with Crippen LogP contribution in [0.1, 0.15) is 16.7 Å². The van der Waals surface area contributed by atoms with E-state index in [-0.39, 0.29) is 0 Å². The number of hydrogen-bond acceptors (Lipinski definition) is 3. The van der Waals surface area contributed by atoms with Crippen LogP contribution >= 0.6 is 0 Å². The number of aromatic nitrogens is 2. The van der Waals surface area contributed by atoms with E-state index < -0.39 is 0 Å². The summed E-state index contributed by atoms with van der Waals surface area (Å²) in [6, 6.07) is 57.7. The molecule has 0 saturated heterocycles. The summed E-state index contributed by atoms with van der Waals surface area (Å²) in [7, 11) is 0. The van der Waals surface area contributed by atoms with Crippen LogP contribution < -0.4 is 0 Å². The summed E-state index contributed by atoms with van der Waals surface area (Å²) in [5.41, 5.74) is 11.1. The maximum Gasteiger partial charge on any atom is 0.101 e. The summed E-state index contributed by atoms with van der Waals surface area (Å²) < 4.78 is 4.40. The molecule has 5 nitrogen and oxygen atoms in total. The second kappa shape index (κ2) is 11.4. The summed E-state index contributed by atoms with van der Waals surface area (Å²) in [6.07, 6.45) is 0. The topological polar surface area (TPSA) is 81.2 Å². The van der Waals surface area contributed by atoms with Gasteiger partial charge in [0.05, 0.1) is 56.6 Å². The van der Waals surface area contributed by atoms with Crippen molar-refractivity contribution >= 4 is 43.6 Å². The van der Waals surface area contributed by atoms with Crippen LogP contribution in [-0.2, 0) is 0 Å². The van der Waals surface area contributed by atoms with Gasteiger partial charge in [0, 0.05) is 38.4 Å². The van der Waals surface area contributed by atoms with Gasteiger partial charge in [-0.1, -0.05) is 84.9 Å². The van der Waals surface area contributed by atoms with Gasteiger partial charge in [-0.05, 0) is 77.9 Å². The Morgan fingerprint density at radius 3 is 1.60 bits per heavy atom. The molecule has 0 bridgehead atoms. The van der Waals surface area contributed by atoms with E-state index in [0.29, 0.717) is 16.7 Å². The van der Waals surface area contributed by atoms with Crippen molar-refractivity contribution in [3.63, 3.8) is 0 Å². The fourth-order valence-electron chi connectivity index (χ4n) is 7.43. The highest BCUT2D eigenvalue weighted by Crippen LogP contribution is 2.40. The zero-order valence-corrected chi connectivity index (χ0v) is 26.7. The van der Waals surface area contributed by atoms with Crippen LogP contribution in [0.4, 0.5) is 0 Å². The van der Waals surface area contributed by atoms with Crippen LogP contribution in [0.3, 0.4) is 0 Å². The van der Waals surface area contributed by atoms with Gasteiger partial charge in [0.15, 0.2) is 0 Å². The van der Waals surface area contributed by atoms with Gasteiger partial charge in [0.1, 0.15) is 6.07 Å². The van der Waals surface area contributed by atoms with Crippen molar-refractivity contribution in [3.8, 4) is 51.8 Å². The quantitative estimate of drug-likeness (QED) is 0.193. The molecule has 0 spiro atoms. The highest BCUT2D eigenvalue weighted by Gasteiger charge is 2.20. The predicted molar refractivity (Wildman–Crippen MR) is 200 cm³/mol. The lowest BCUT2D eigenvalue weighted by Gasteiger charge is -2.17. The summed E-state index contributed by atoms with van der Waals surface area (Å²) in [5, 5.41) is 34.7. The summed E-state index contributed by atoms with van der Waals surface area (Å²) >= 11 is 0. The average molecular weight is 636 g/mol. The Balaban J connectivity index is 1.22. The van der Waals surface area contributed by atoms with Crippen LogP contribution in [0.2, 0.25) is 0 Å². The van der Waals surface area contributed by atoms with Crippen molar-refractivity contribution in [1.29, 1.82) is 15.8 Å². The van der Waals surface area contributed by atoms with E-state index in [1.54, 1.807) is 0 Å². The Hall–Kier alpha value is -7.39. The normalized spacial score (nSPS) is 11.1. The molecule has 9 rings (SSSR count). The van der Waals surface area contributed by atoms with Crippen molar-refractivity contribution in [2.75, 3.05) is 0 Å². The molecule has 0 amide bonds. The predicted octanol–water partition coefficient (Wildman–Crippen LogP) is 10.8. The van der Waals surface area contributed by atoms with Crippen molar-refractivity contribution < 1.29 is 0 Å². The van der Waals surface area contributed by atoms with Crippen LogP contribution in [0.5, 0.6) is 0 Å². The second-order valence-electron chi connectivity index (χ2n) is 12.3. The SMILES string of the molecule is N#Cc1ccc2c(c1)c1ccccc1n2-c1c(C#N)cccc1-c1ccc(C#N)c(-c2ccc(-n3c4ccccc4c4ccccc43)cc2)c1. The molecule has 0 radical (unpaired) electrons. The molecule has 0 N–H and O–H groups in total. The molecule has 2 aromatic heterocycles. The van der Waals surface area contributed by atoms with E-state index in [4.69, 9.17) is 0 Å². The lowest BCUT2D eigenvalue weighted by atomic mass is 9.93. The number of benzene rings is 7. The summed E-state index contributed by atoms with van der Waals surface area (Å²) in [6.45, 7) is 0. The molecule has 0 saturated carbocycles. The van der Waals surface area contributed by atoms with Crippen LogP contribution in [0.15, 0.2) is 152 Å². The average Bonchev–Trinajstić information content (AvgIpc) is 3.70. The van der Waals surface area contributed by atoms with Crippen molar-refractivity contribution in [1.82, 2.24) is 9.13 Å². The summed E-state index contributed by atoms with van der Waals surface area (Å²) in [5.74, 6) is 0. The van der Waals surface area contributed by atoms with Gasteiger partial charge < -0.3 is 9.13 Å². The number of para-hydroxylation sites is 4. The number of rotatable bonds is 4. The van der Waals surface area contributed by atoms with E-state index in [0.717, 1.165) is 66.5 Å². The van der Waals surface area contributed by atoms with Gasteiger partial charge in [-0.15, -0.1) is 0 Å². The third kappa shape index (κ3) is 4.31. The Labute approximate surface area is 287 Å². The molecule has 0 unspecified atom stereocenters. The van der Waals surface area contributed by atoms with Gasteiger partial charge >= 0.3 is 0 Å². The van der Waals surface area contributed by atoms with Crippen LogP contribution in [-0.4, -0.2) is 9.13 Å². The van der Waals surface area contributed by atoms with Gasteiger partial charge in [-0.2, -0.15) is 15.8 Å². The Bertz CT molecular complexity index is 2900. The Kier molecular flexibility index (Phi) is 6.56. The minimum atomic E-state index is 0.524. The van der Waals surface area contributed by atoms with E-state index in [1.807, 2.05) is 72.8 Å². The van der Waals surface area contributed by atoms with E-state index >= 15 is 0 Å². The van der Waals surface area contributed by atoms with Gasteiger partial charge in [-0.3, -0.25) is 0 Å². The molecule has 7 aromatic carbocycles. The maximum atomic E-state index is 10.4. The largest absolute Gasteiger partial charge is 0.309 e. The highest BCUT2D eigenvalue weighted by molar-refractivity contribution is 6.11. The second-order valence-corrected chi connectivity index (χ2v) is 12.3. The molecule has 0 fully saturated rings. The summed E-state index contributed by atoms with van der Waals surface area (Å²) in [4.78, 5) is 0. The van der Waals surface area contributed by atoms with Crippen LogP contribution in [0, 0.1) is 34.0 Å². The lowest BCUT2D eigenvalue weighted by molar-refractivity contribution is 1.17. The smallest absolute Gasteiger partial charge is 0.101 e. The fraction of sp³-hybridized carbons (Fsp3) is 0. The lowest BCUT2D eigenvalue weighted by Crippen LogP contribution is -2.01. The van der Waals surface area contributed by atoms with Crippen LogP contribution in [0.25, 0.3) is 77.2 Å². The fourth-order valence-corrected chi connectivity index (χ4v) is 7.43. The standard InChI is InChI=1S/C45H25N5/c46-26-29-16-23-44-40(24-29)38-11-3-6-15-43(38)50(44)45-33(28-48)8-7-12-35(45)31-17-18-32(27-47)39(25-31)30-19-21-34(22-20-30)49-41-13-4-1-9-36(41)37-10-2-5-14-42(37)49/h1-25H. The number of nitriles is 3. The first kappa shape index (κ1) is 28.8. The van der Waals surface area contributed by atoms with E-state index in [1.165, 1.54) is 10.8 Å². The van der Waals surface area contributed by atoms with Gasteiger partial charge in [0.25, 0.3) is 0 Å². The molecule has 9 aromatic rings. The highest BCUT2D eigenvalue weighted by atomic mass is 15.0. The molecule has 5 heteroatoms. The first-order chi connectivity index (χ1) is 24.7. The van der Waals surface area contributed by atoms with Crippen molar-refractivity contribution in [2.24, 2.45) is 0 Å². The molecule has 2 heterocycles. The molecule has 0 atom stereocenters. The first-order valence-electron chi connectivity index (χ1n) is 16.3. The molecule has 0 aliphatic carbocycles. The molecule has 0 aliphatic heterocycles. The molecule has 50 heavy (non-hydrogen) atoms. The first-order valence-corrected chi connectivity index (χ1v) is 16.3. The molecular weight excluding hydrogens is 611 g/mol.